The summed E-state index contributed by atoms with van der Waals surface area (Å²) in [4.78, 5) is 28.4. The van der Waals surface area contributed by atoms with Gasteiger partial charge < -0.3 is 9.80 Å². The molecule has 6 nitrogen and oxygen atoms in total. The lowest BCUT2D eigenvalue weighted by Crippen LogP contribution is -2.37. The van der Waals surface area contributed by atoms with Crippen molar-refractivity contribution in [3.8, 4) is 0 Å². The third kappa shape index (κ3) is 3.34. The summed E-state index contributed by atoms with van der Waals surface area (Å²) in [5, 5.41) is 6.97. The van der Waals surface area contributed by atoms with Crippen LogP contribution in [-0.4, -0.2) is 52.5 Å². The number of fused-ring (bicyclic) bond motifs is 1. The van der Waals surface area contributed by atoms with Gasteiger partial charge in [-0.15, -0.1) is 0 Å². The fraction of sp³-hybridized carbons (Fsp3) is 0.316. The van der Waals surface area contributed by atoms with E-state index in [1.54, 1.807) is 20.3 Å². The van der Waals surface area contributed by atoms with E-state index in [1.807, 2.05) is 13.8 Å². The molecule has 0 fully saturated rings. The maximum atomic E-state index is 13.6. The highest BCUT2D eigenvalue weighted by molar-refractivity contribution is 6.20. The minimum Gasteiger partial charge on any atom is -0.345 e. The van der Waals surface area contributed by atoms with Gasteiger partial charge in [0.2, 0.25) is 0 Å². The van der Waals surface area contributed by atoms with E-state index in [1.165, 1.54) is 22.1 Å². The van der Waals surface area contributed by atoms with Gasteiger partial charge in [-0.3, -0.25) is 14.7 Å². The van der Waals surface area contributed by atoms with Crippen molar-refractivity contribution in [1.82, 2.24) is 20.0 Å². The van der Waals surface area contributed by atoms with Gasteiger partial charge in [-0.05, 0) is 18.2 Å². The Morgan fingerprint density at radius 1 is 1.22 bits per heavy atom. The summed E-state index contributed by atoms with van der Waals surface area (Å²) in [6, 6.07) is 2.99. The van der Waals surface area contributed by atoms with Gasteiger partial charge in [0.15, 0.2) is 11.6 Å². The molecule has 3 rings (SSSR count). The number of hydrogen-bond acceptors (Lipinski definition) is 3. The first-order valence-electron chi connectivity index (χ1n) is 8.35. The van der Waals surface area contributed by atoms with Gasteiger partial charge in [-0.1, -0.05) is 13.8 Å². The number of amides is 2. The lowest BCUT2D eigenvalue weighted by molar-refractivity contribution is -0.122. The van der Waals surface area contributed by atoms with Crippen molar-refractivity contribution in [1.29, 1.82) is 0 Å². The summed E-state index contributed by atoms with van der Waals surface area (Å²) in [5.74, 6) is -2.94. The minimum absolute atomic E-state index is 0.00119. The van der Waals surface area contributed by atoms with Crippen LogP contribution in [0.15, 0.2) is 30.6 Å². The average molecular weight is 374 g/mol. The van der Waals surface area contributed by atoms with Crippen LogP contribution in [-0.2, 0) is 10.2 Å². The van der Waals surface area contributed by atoms with Crippen LogP contribution in [0.3, 0.4) is 0 Å². The van der Waals surface area contributed by atoms with Crippen molar-refractivity contribution in [2.24, 2.45) is 0 Å². The van der Waals surface area contributed by atoms with E-state index in [2.05, 4.69) is 10.2 Å². The lowest BCUT2D eigenvalue weighted by Gasteiger charge is -2.28. The maximum Gasteiger partial charge on any atom is 0.257 e. The third-order valence-electron chi connectivity index (χ3n) is 4.52. The number of benzene rings is 1. The Kier molecular flexibility index (Phi) is 4.59. The molecule has 0 aliphatic carbocycles. The average Bonchev–Trinajstić information content (AvgIpc) is 3.06. The van der Waals surface area contributed by atoms with Gasteiger partial charge in [-0.2, -0.15) is 5.10 Å². The van der Waals surface area contributed by atoms with E-state index in [4.69, 9.17) is 0 Å². The molecule has 27 heavy (non-hydrogen) atoms. The summed E-state index contributed by atoms with van der Waals surface area (Å²) < 4.78 is 26.8. The Labute approximate surface area is 155 Å². The molecular weight excluding hydrogens is 354 g/mol. The molecule has 0 spiro atoms. The summed E-state index contributed by atoms with van der Waals surface area (Å²) in [7, 11) is 3.22. The van der Waals surface area contributed by atoms with Gasteiger partial charge in [0, 0.05) is 43.4 Å². The molecule has 0 radical (unpaired) electrons. The Morgan fingerprint density at radius 3 is 2.56 bits per heavy atom. The number of H-pyrrole nitrogens is 1. The molecule has 0 saturated heterocycles. The molecule has 0 unspecified atom stereocenters. The number of hydrogen-bond donors (Lipinski definition) is 1. The summed E-state index contributed by atoms with van der Waals surface area (Å²) in [6.45, 7) is 4.04. The number of nitrogens with one attached hydrogen (secondary N) is 1. The topological polar surface area (TPSA) is 69.3 Å². The number of aromatic nitrogens is 2. The number of aromatic amines is 1. The van der Waals surface area contributed by atoms with Gasteiger partial charge in [0.05, 0.1) is 17.5 Å². The highest BCUT2D eigenvalue weighted by atomic mass is 19.2. The highest BCUT2D eigenvalue weighted by Crippen LogP contribution is 2.34. The first kappa shape index (κ1) is 18.8. The molecular formula is C19H20F2N4O2. The van der Waals surface area contributed by atoms with Crippen molar-refractivity contribution < 1.29 is 18.4 Å². The molecule has 1 N–H and O–H groups in total. The first-order valence-corrected chi connectivity index (χ1v) is 8.35. The molecule has 1 aromatic heterocycles. The number of carbonyl (C=O) groups excluding carboxylic acids is 2. The smallest absolute Gasteiger partial charge is 0.257 e. The van der Waals surface area contributed by atoms with Crippen LogP contribution in [0.25, 0.3) is 5.57 Å². The highest BCUT2D eigenvalue weighted by Gasteiger charge is 2.36. The fourth-order valence-corrected chi connectivity index (χ4v) is 3.12. The molecule has 2 heterocycles. The Balaban J connectivity index is 2.11. The molecule has 0 atom stereocenters. The fourth-order valence-electron chi connectivity index (χ4n) is 3.12. The molecule has 142 valence electrons. The predicted octanol–water partition coefficient (Wildman–Crippen LogP) is 2.55. The normalized spacial score (nSPS) is 15.6. The van der Waals surface area contributed by atoms with Gasteiger partial charge in [0.1, 0.15) is 0 Å². The third-order valence-corrected chi connectivity index (χ3v) is 4.52. The first-order chi connectivity index (χ1) is 12.6. The van der Waals surface area contributed by atoms with Crippen LogP contribution < -0.4 is 0 Å². The molecule has 1 aliphatic heterocycles. The maximum absolute atomic E-state index is 13.6. The summed E-state index contributed by atoms with van der Waals surface area (Å²) in [5.41, 5.74) is 1.08. The summed E-state index contributed by atoms with van der Waals surface area (Å²) >= 11 is 0. The number of nitrogens with zero attached hydrogens (tertiary/aromatic N) is 3. The van der Waals surface area contributed by atoms with Crippen LogP contribution in [0, 0.1) is 11.6 Å². The second-order valence-electron chi connectivity index (χ2n) is 7.35. The standard InChI is InChI=1S/C19H20F2N4O2/c1-19(2)10-25(17(26)11-5-6-14(20)15(21)7-11)9-13(18(27)24(3)4)12-8-22-23-16(12)19/h5-9H,10H2,1-4H3,(H,22,23). The van der Waals surface area contributed by atoms with Crippen molar-refractivity contribution in [2.45, 2.75) is 19.3 Å². The van der Waals surface area contributed by atoms with E-state index in [0.29, 0.717) is 11.1 Å². The molecule has 1 aromatic carbocycles. The van der Waals surface area contributed by atoms with E-state index in [9.17, 15) is 18.4 Å². The van der Waals surface area contributed by atoms with Crippen molar-refractivity contribution in [2.75, 3.05) is 20.6 Å². The van der Waals surface area contributed by atoms with E-state index >= 15 is 0 Å². The van der Waals surface area contributed by atoms with Gasteiger partial charge in [0.25, 0.3) is 11.8 Å². The van der Waals surface area contributed by atoms with Crippen LogP contribution in [0.5, 0.6) is 0 Å². The van der Waals surface area contributed by atoms with E-state index in [0.717, 1.165) is 17.8 Å². The zero-order valence-corrected chi connectivity index (χ0v) is 15.5. The van der Waals surface area contributed by atoms with Crippen molar-refractivity contribution >= 4 is 17.4 Å². The molecule has 1 aliphatic rings. The molecule has 0 saturated carbocycles. The lowest BCUT2D eigenvalue weighted by atomic mass is 9.86. The largest absolute Gasteiger partial charge is 0.345 e. The Morgan fingerprint density at radius 2 is 1.93 bits per heavy atom. The number of likely N-dealkylation sites (N-methyl/N-ethyl adjacent to an activating group) is 1. The van der Waals surface area contributed by atoms with Crippen molar-refractivity contribution in [3.63, 3.8) is 0 Å². The van der Waals surface area contributed by atoms with Crippen LogP contribution in [0.2, 0.25) is 0 Å². The molecule has 8 heteroatoms. The second kappa shape index (κ2) is 6.61. The van der Waals surface area contributed by atoms with Crippen LogP contribution in [0.1, 0.15) is 35.5 Å². The number of halogens is 2. The quantitative estimate of drug-likeness (QED) is 0.878. The van der Waals surface area contributed by atoms with Gasteiger partial charge in [-0.25, -0.2) is 8.78 Å². The van der Waals surface area contributed by atoms with Gasteiger partial charge >= 0.3 is 0 Å². The zero-order chi connectivity index (χ0) is 19.9. The Bertz CT molecular complexity index is 947. The Hall–Kier alpha value is -3.03. The van der Waals surface area contributed by atoms with E-state index < -0.39 is 23.0 Å². The second-order valence-corrected chi connectivity index (χ2v) is 7.35. The molecule has 2 aromatic rings. The van der Waals surface area contributed by atoms with Crippen LogP contribution >= 0.6 is 0 Å². The van der Waals surface area contributed by atoms with Crippen LogP contribution in [0.4, 0.5) is 8.78 Å². The number of carbonyl (C=O) groups is 2. The zero-order valence-electron chi connectivity index (χ0n) is 15.5. The van der Waals surface area contributed by atoms with Crippen molar-refractivity contribution in [3.05, 3.63) is 59.1 Å². The summed E-state index contributed by atoms with van der Waals surface area (Å²) in [6.07, 6.45) is 3.00. The SMILES string of the molecule is CN(C)C(=O)C1=CN(C(=O)c2ccc(F)c(F)c2)CC(C)(C)c2[nH]ncc21. The number of rotatable bonds is 2. The molecule has 2 amide bonds. The van der Waals surface area contributed by atoms with E-state index in [-0.39, 0.29) is 18.0 Å². The predicted molar refractivity (Wildman–Crippen MR) is 95.7 cm³/mol. The molecule has 0 bridgehead atoms. The minimum atomic E-state index is -1.10. The monoisotopic (exact) mass is 374 g/mol.